The van der Waals surface area contributed by atoms with Gasteiger partial charge in [-0.05, 0) is 38.1 Å². The van der Waals surface area contributed by atoms with Crippen molar-refractivity contribution in [2.75, 3.05) is 24.7 Å². The van der Waals surface area contributed by atoms with E-state index in [1.165, 1.54) is 6.07 Å². The van der Waals surface area contributed by atoms with Gasteiger partial charge in [0.1, 0.15) is 0 Å². The van der Waals surface area contributed by atoms with Crippen LogP contribution in [0.15, 0.2) is 29.2 Å². The van der Waals surface area contributed by atoms with Crippen LogP contribution in [0.1, 0.15) is 12.8 Å². The molecular weight excluding hydrogens is 264 g/mol. The Bertz CT molecular complexity index is 563. The lowest BCUT2D eigenvalue weighted by atomic mass is 9.97. The van der Waals surface area contributed by atoms with E-state index in [0.717, 1.165) is 32.2 Å². The molecule has 6 heteroatoms. The molecule has 1 aliphatic rings. The van der Waals surface area contributed by atoms with Crippen molar-refractivity contribution in [2.45, 2.75) is 17.7 Å². The predicted octanol–water partition coefficient (Wildman–Crippen LogP) is 1.03. The molecule has 1 heterocycles. The van der Waals surface area contributed by atoms with E-state index in [9.17, 15) is 13.2 Å². The van der Waals surface area contributed by atoms with Gasteiger partial charge < -0.3 is 10.6 Å². The van der Waals surface area contributed by atoms with Crippen molar-refractivity contribution < 1.29 is 13.2 Å². The number of rotatable bonds is 3. The fourth-order valence-electron chi connectivity index (χ4n) is 2.21. The second kappa shape index (κ2) is 5.71. The average Bonchev–Trinajstić information content (AvgIpc) is 2.39. The molecule has 1 fully saturated rings. The SMILES string of the molecule is CS(=O)(=O)c1ccccc1NC(=O)C1CCNCC1. The van der Waals surface area contributed by atoms with Crippen LogP contribution in [0.3, 0.4) is 0 Å². The van der Waals surface area contributed by atoms with Gasteiger partial charge in [0.25, 0.3) is 0 Å². The van der Waals surface area contributed by atoms with Gasteiger partial charge in [0, 0.05) is 12.2 Å². The van der Waals surface area contributed by atoms with E-state index >= 15 is 0 Å². The minimum absolute atomic E-state index is 0.0473. The highest BCUT2D eigenvalue weighted by Gasteiger charge is 2.22. The summed E-state index contributed by atoms with van der Waals surface area (Å²) in [5, 5.41) is 5.93. The largest absolute Gasteiger partial charge is 0.325 e. The van der Waals surface area contributed by atoms with Crippen molar-refractivity contribution in [1.29, 1.82) is 0 Å². The summed E-state index contributed by atoms with van der Waals surface area (Å²) < 4.78 is 23.3. The Morgan fingerprint density at radius 1 is 1.26 bits per heavy atom. The summed E-state index contributed by atoms with van der Waals surface area (Å²) in [4.78, 5) is 12.3. The van der Waals surface area contributed by atoms with E-state index in [0.29, 0.717) is 5.69 Å². The zero-order valence-electron chi connectivity index (χ0n) is 10.8. The van der Waals surface area contributed by atoms with Gasteiger partial charge in [-0.3, -0.25) is 4.79 Å². The molecule has 2 N–H and O–H groups in total. The molecule has 1 amide bonds. The summed E-state index contributed by atoms with van der Waals surface area (Å²) in [6, 6.07) is 6.49. The van der Waals surface area contributed by atoms with Gasteiger partial charge in [-0.15, -0.1) is 0 Å². The summed E-state index contributed by atoms with van der Waals surface area (Å²) in [5.74, 6) is -0.147. The molecule has 0 aromatic heterocycles. The maximum atomic E-state index is 12.1. The van der Waals surface area contributed by atoms with Crippen LogP contribution < -0.4 is 10.6 Å². The van der Waals surface area contributed by atoms with Gasteiger partial charge in [-0.2, -0.15) is 0 Å². The molecule has 1 aliphatic heterocycles. The third-order valence-corrected chi connectivity index (χ3v) is 4.41. The first kappa shape index (κ1) is 14.0. The molecule has 0 spiro atoms. The molecule has 1 saturated heterocycles. The molecule has 0 radical (unpaired) electrons. The molecule has 0 bridgehead atoms. The molecule has 5 nitrogen and oxygen atoms in total. The number of piperidine rings is 1. The average molecular weight is 282 g/mol. The van der Waals surface area contributed by atoms with Crippen LogP contribution in [-0.4, -0.2) is 33.7 Å². The van der Waals surface area contributed by atoms with E-state index < -0.39 is 9.84 Å². The molecule has 104 valence electrons. The van der Waals surface area contributed by atoms with Crippen molar-refractivity contribution in [3.05, 3.63) is 24.3 Å². The smallest absolute Gasteiger partial charge is 0.227 e. The highest BCUT2D eigenvalue weighted by molar-refractivity contribution is 7.90. The van der Waals surface area contributed by atoms with Crippen LogP contribution in [0.5, 0.6) is 0 Å². The predicted molar refractivity (Wildman–Crippen MR) is 73.8 cm³/mol. The summed E-state index contributed by atoms with van der Waals surface area (Å²) in [6.45, 7) is 1.65. The minimum Gasteiger partial charge on any atom is -0.325 e. The van der Waals surface area contributed by atoms with Crippen molar-refractivity contribution >= 4 is 21.4 Å². The fourth-order valence-corrected chi connectivity index (χ4v) is 3.06. The molecule has 2 rings (SSSR count). The number of carbonyl (C=O) groups is 1. The van der Waals surface area contributed by atoms with E-state index in [1.807, 2.05) is 0 Å². The minimum atomic E-state index is -3.34. The van der Waals surface area contributed by atoms with Crippen LogP contribution in [0.4, 0.5) is 5.69 Å². The second-order valence-electron chi connectivity index (χ2n) is 4.78. The molecule has 0 unspecified atom stereocenters. The van der Waals surface area contributed by atoms with Gasteiger partial charge in [0.15, 0.2) is 9.84 Å². The molecule has 0 aliphatic carbocycles. The lowest BCUT2D eigenvalue weighted by Gasteiger charge is -2.22. The summed E-state index contributed by atoms with van der Waals surface area (Å²) in [7, 11) is -3.34. The number of sulfone groups is 1. The standard InChI is InChI=1S/C13H18N2O3S/c1-19(17,18)12-5-3-2-4-11(12)15-13(16)10-6-8-14-9-7-10/h2-5,10,14H,6-9H2,1H3,(H,15,16). The molecule has 0 atom stereocenters. The Morgan fingerprint density at radius 2 is 1.89 bits per heavy atom. The number of benzene rings is 1. The van der Waals surface area contributed by atoms with Crippen LogP contribution >= 0.6 is 0 Å². The maximum absolute atomic E-state index is 12.1. The molecule has 1 aromatic carbocycles. The third kappa shape index (κ3) is 3.54. The van der Waals surface area contributed by atoms with Crippen LogP contribution in [0, 0.1) is 5.92 Å². The quantitative estimate of drug-likeness (QED) is 0.868. The van der Waals surface area contributed by atoms with Crippen molar-refractivity contribution in [3.8, 4) is 0 Å². The number of amides is 1. The zero-order valence-corrected chi connectivity index (χ0v) is 11.7. The number of nitrogens with one attached hydrogen (secondary N) is 2. The van der Waals surface area contributed by atoms with Crippen molar-refractivity contribution in [2.24, 2.45) is 5.92 Å². The van der Waals surface area contributed by atoms with Gasteiger partial charge in [-0.25, -0.2) is 8.42 Å². The Morgan fingerprint density at radius 3 is 2.53 bits per heavy atom. The van der Waals surface area contributed by atoms with E-state index in [4.69, 9.17) is 0 Å². The number of carbonyl (C=O) groups excluding carboxylic acids is 1. The van der Waals surface area contributed by atoms with Crippen molar-refractivity contribution in [3.63, 3.8) is 0 Å². The highest BCUT2D eigenvalue weighted by Crippen LogP contribution is 2.22. The Hall–Kier alpha value is -1.40. The molecule has 19 heavy (non-hydrogen) atoms. The van der Waals surface area contributed by atoms with Crippen LogP contribution in [0.25, 0.3) is 0 Å². The van der Waals surface area contributed by atoms with Crippen LogP contribution in [-0.2, 0) is 14.6 Å². The molecule has 1 aromatic rings. The first-order chi connectivity index (χ1) is 8.98. The lowest BCUT2D eigenvalue weighted by Crippen LogP contribution is -2.34. The van der Waals surface area contributed by atoms with Gasteiger partial charge in [0.2, 0.25) is 5.91 Å². The Kier molecular flexibility index (Phi) is 4.21. The summed E-state index contributed by atoms with van der Waals surface area (Å²) in [6.07, 6.45) is 2.71. The topological polar surface area (TPSA) is 75.3 Å². The zero-order chi connectivity index (χ0) is 13.9. The fraction of sp³-hybridized carbons (Fsp3) is 0.462. The summed E-state index contributed by atoms with van der Waals surface area (Å²) >= 11 is 0. The van der Waals surface area contributed by atoms with E-state index in [1.54, 1.807) is 18.2 Å². The monoisotopic (exact) mass is 282 g/mol. The number of hydrogen-bond donors (Lipinski definition) is 2. The van der Waals surface area contributed by atoms with Crippen LogP contribution in [0.2, 0.25) is 0 Å². The lowest BCUT2D eigenvalue weighted by molar-refractivity contribution is -0.120. The maximum Gasteiger partial charge on any atom is 0.227 e. The number of hydrogen-bond acceptors (Lipinski definition) is 4. The number of para-hydroxylation sites is 1. The second-order valence-corrected chi connectivity index (χ2v) is 6.77. The van der Waals surface area contributed by atoms with E-state index in [-0.39, 0.29) is 16.7 Å². The first-order valence-corrected chi connectivity index (χ1v) is 8.18. The third-order valence-electron chi connectivity index (χ3n) is 3.25. The number of anilines is 1. The highest BCUT2D eigenvalue weighted by atomic mass is 32.2. The first-order valence-electron chi connectivity index (χ1n) is 6.29. The molecular formula is C13H18N2O3S. The van der Waals surface area contributed by atoms with E-state index in [2.05, 4.69) is 10.6 Å². The van der Waals surface area contributed by atoms with Gasteiger partial charge >= 0.3 is 0 Å². The van der Waals surface area contributed by atoms with Crippen molar-refractivity contribution in [1.82, 2.24) is 5.32 Å². The van der Waals surface area contributed by atoms with Gasteiger partial charge in [-0.1, -0.05) is 12.1 Å². The summed E-state index contributed by atoms with van der Waals surface area (Å²) in [5.41, 5.74) is 0.369. The normalized spacial score (nSPS) is 17.1. The van der Waals surface area contributed by atoms with Gasteiger partial charge in [0.05, 0.1) is 10.6 Å². The molecule has 0 saturated carbocycles. The Labute approximate surface area is 113 Å². The Balaban J connectivity index is 2.17.